The van der Waals surface area contributed by atoms with E-state index >= 15 is 0 Å². The fourth-order valence-corrected chi connectivity index (χ4v) is 5.38. The van der Waals surface area contributed by atoms with Gasteiger partial charge < -0.3 is 24.8 Å². The van der Waals surface area contributed by atoms with Crippen molar-refractivity contribution in [3.63, 3.8) is 0 Å². The monoisotopic (exact) mass is 1060 g/mol. The second kappa shape index (κ2) is 21.1. The molecule has 0 amide bonds. The molecule has 0 fully saturated rings. The summed E-state index contributed by atoms with van der Waals surface area (Å²) in [7, 11) is 0. The van der Waals surface area contributed by atoms with Crippen LogP contribution in [0.2, 0.25) is 0 Å². The smallest absolute Gasteiger partial charge is 0.194 e. The molecule has 0 bridgehead atoms. The minimum absolute atomic E-state index is 0. The summed E-state index contributed by atoms with van der Waals surface area (Å²) in [6.45, 7) is 6.48. The summed E-state index contributed by atoms with van der Waals surface area (Å²) in [6, 6.07) is 54.6. The number of benzene rings is 5. The second-order valence-corrected chi connectivity index (χ2v) is 12.8. The van der Waals surface area contributed by atoms with Crippen LogP contribution in [0.4, 0.5) is 0 Å². The third-order valence-corrected chi connectivity index (χ3v) is 8.29. The fourth-order valence-electron chi connectivity index (χ4n) is 5.38. The van der Waals surface area contributed by atoms with Gasteiger partial charge in [0.05, 0.1) is 0 Å². The van der Waals surface area contributed by atoms with Crippen LogP contribution in [0.3, 0.4) is 0 Å². The zero-order chi connectivity index (χ0) is 34.9. The van der Waals surface area contributed by atoms with Crippen molar-refractivity contribution >= 4 is 11.6 Å². The predicted octanol–water partition coefficient (Wildman–Crippen LogP) is 11.4. The molecule has 0 aliphatic carbocycles. The Balaban J connectivity index is 0.000000349. The van der Waals surface area contributed by atoms with Crippen LogP contribution in [0.1, 0.15) is 58.2 Å². The Kier molecular flexibility index (Phi) is 17.6. The summed E-state index contributed by atoms with van der Waals surface area (Å²) in [6.07, 6.45) is 3.26. The summed E-state index contributed by atoms with van der Waals surface area (Å²) >= 11 is 0. The molecule has 0 aliphatic rings. The minimum Gasteiger partial charge on any atom is -0.358 e. The minimum atomic E-state index is -0.0271. The van der Waals surface area contributed by atoms with Gasteiger partial charge in [0.25, 0.3) is 0 Å². The number of hydrogen-bond acceptors (Lipinski definition) is 4. The van der Waals surface area contributed by atoms with Crippen LogP contribution in [-0.4, -0.2) is 21.5 Å². The molecule has 4 nitrogen and oxygen atoms in total. The van der Waals surface area contributed by atoms with Crippen molar-refractivity contribution in [2.24, 2.45) is 0 Å². The SMILES string of the molecule is CC(C)(C)c1ccc(C(=O)c2ccc(-c3[c-]cccc3)nc2)cc1.O=C(c1ccc(-c2ccccc2)cc1)c1ccc(-c2[c-]cccc2)nc1.[CH3-].[CH3-].[Ir].[Ir]. The van der Waals surface area contributed by atoms with Gasteiger partial charge in [0.2, 0.25) is 0 Å². The Bertz CT molecular complexity index is 2080. The Morgan fingerprint density at radius 2 is 0.852 bits per heavy atom. The number of rotatable bonds is 7. The molecular weight excluding hydrogens is 1020 g/mol. The Morgan fingerprint density at radius 1 is 0.463 bits per heavy atom. The number of carbonyl (C=O) groups is 2. The van der Waals surface area contributed by atoms with E-state index < -0.39 is 0 Å². The normalized spacial score (nSPS) is 10.1. The maximum absolute atomic E-state index is 12.7. The molecule has 0 saturated carbocycles. The van der Waals surface area contributed by atoms with Gasteiger partial charge >= 0.3 is 0 Å². The molecule has 0 aliphatic heterocycles. The van der Waals surface area contributed by atoms with Crippen LogP contribution in [0, 0.1) is 27.0 Å². The van der Waals surface area contributed by atoms with Gasteiger partial charge in [-0.05, 0) is 33.5 Å². The fraction of sp³-hybridized carbons (Fsp3) is 0.0833. The molecule has 2 heterocycles. The third kappa shape index (κ3) is 11.5. The van der Waals surface area contributed by atoms with Gasteiger partial charge in [0.15, 0.2) is 11.6 Å². The Hall–Kier alpha value is -4.96. The van der Waals surface area contributed by atoms with E-state index in [0.29, 0.717) is 22.3 Å². The van der Waals surface area contributed by atoms with Crippen molar-refractivity contribution in [1.29, 1.82) is 0 Å². The van der Waals surface area contributed by atoms with Crippen LogP contribution in [0.5, 0.6) is 0 Å². The molecule has 278 valence electrons. The van der Waals surface area contributed by atoms with Crippen molar-refractivity contribution in [3.8, 4) is 33.6 Å². The molecule has 2 radical (unpaired) electrons. The number of hydrogen-bond donors (Lipinski definition) is 0. The maximum Gasteiger partial charge on any atom is 0.194 e. The molecule has 7 rings (SSSR count). The molecule has 54 heavy (non-hydrogen) atoms. The number of aromatic nitrogens is 2. The van der Waals surface area contributed by atoms with Crippen LogP contribution in [0.15, 0.2) is 164 Å². The van der Waals surface area contributed by atoms with Crippen molar-refractivity contribution in [2.75, 3.05) is 0 Å². The van der Waals surface area contributed by atoms with E-state index in [9.17, 15) is 9.59 Å². The van der Waals surface area contributed by atoms with Crippen LogP contribution >= 0.6 is 0 Å². The van der Waals surface area contributed by atoms with Crippen LogP contribution in [0.25, 0.3) is 33.6 Å². The zero-order valence-electron chi connectivity index (χ0n) is 31.0. The van der Waals surface area contributed by atoms with Gasteiger partial charge in [-0.1, -0.05) is 124 Å². The van der Waals surface area contributed by atoms with Gasteiger partial charge in [-0.2, -0.15) is 0 Å². The Labute approximate surface area is 347 Å². The first-order chi connectivity index (χ1) is 24.3. The molecule has 0 saturated heterocycles. The second-order valence-electron chi connectivity index (χ2n) is 12.8. The van der Waals surface area contributed by atoms with Gasteiger partial charge in [0.1, 0.15) is 0 Å². The first kappa shape index (κ1) is 45.2. The van der Waals surface area contributed by atoms with Crippen molar-refractivity contribution < 1.29 is 49.8 Å². The average molecular weight is 1060 g/mol. The summed E-state index contributed by atoms with van der Waals surface area (Å²) < 4.78 is 0. The molecule has 0 atom stereocenters. The quantitative estimate of drug-likeness (QED) is 0.118. The maximum atomic E-state index is 12.7. The molecule has 6 heteroatoms. The number of pyridine rings is 2. The third-order valence-electron chi connectivity index (χ3n) is 8.29. The first-order valence-electron chi connectivity index (χ1n) is 16.5. The summed E-state index contributed by atoms with van der Waals surface area (Å²) in [5.41, 5.74) is 9.50. The molecule has 5 aromatic carbocycles. The molecule has 7 aromatic rings. The van der Waals surface area contributed by atoms with E-state index in [4.69, 9.17) is 0 Å². The van der Waals surface area contributed by atoms with E-state index in [2.05, 4.69) is 55.0 Å². The summed E-state index contributed by atoms with van der Waals surface area (Å²) in [5.74, 6) is -0.0350. The standard InChI is InChI=1S/C24H16NO.C22H20NO.2CH3.2Ir/c26-24(21-13-11-19(12-14-21)18-7-3-1-4-8-18)22-15-16-23(25-17-22)20-9-5-2-6-10-20;1-22(2,3)19-12-9-17(10-13-19)21(24)18-11-14-20(23-15-18)16-7-5-4-6-8-16;;;;/h1-9,11-17H;4-7,9-15H,1-3H3;2*1H3;;/q4*-1;;. The first-order valence-corrected chi connectivity index (χ1v) is 16.5. The zero-order valence-corrected chi connectivity index (χ0v) is 35.8. The topological polar surface area (TPSA) is 59.9 Å². The van der Waals surface area contributed by atoms with Crippen molar-refractivity contribution in [2.45, 2.75) is 26.2 Å². The van der Waals surface area contributed by atoms with E-state index in [0.717, 1.165) is 33.6 Å². The predicted molar refractivity (Wildman–Crippen MR) is 214 cm³/mol. The van der Waals surface area contributed by atoms with Crippen LogP contribution in [-0.2, 0) is 45.6 Å². The average Bonchev–Trinajstić information content (AvgIpc) is 3.18. The van der Waals surface area contributed by atoms with Gasteiger partial charge in [-0.15, -0.1) is 71.8 Å². The molecule has 0 spiro atoms. The Morgan fingerprint density at radius 3 is 1.22 bits per heavy atom. The van der Waals surface area contributed by atoms with Gasteiger partial charge in [-0.3, -0.25) is 9.59 Å². The van der Waals surface area contributed by atoms with Crippen molar-refractivity contribution in [1.82, 2.24) is 9.97 Å². The summed E-state index contributed by atoms with van der Waals surface area (Å²) in [4.78, 5) is 34.1. The number of ketones is 2. The van der Waals surface area contributed by atoms with Crippen molar-refractivity contribution in [3.05, 3.63) is 219 Å². The van der Waals surface area contributed by atoms with E-state index in [-0.39, 0.29) is 72.0 Å². The van der Waals surface area contributed by atoms with Crippen LogP contribution < -0.4 is 0 Å². The number of nitrogens with zero attached hydrogens (tertiary/aromatic N) is 2. The molecular formula is C48H42Ir2N2O2-4. The van der Waals surface area contributed by atoms with E-state index in [1.165, 1.54) is 5.56 Å². The molecule has 2 aromatic heterocycles. The largest absolute Gasteiger partial charge is 0.358 e. The summed E-state index contributed by atoms with van der Waals surface area (Å²) in [5, 5.41) is 0. The molecule has 0 unspecified atom stereocenters. The molecule has 0 N–H and O–H groups in total. The number of carbonyl (C=O) groups excluding carboxylic acids is 2. The van der Waals surface area contributed by atoms with E-state index in [1.54, 1.807) is 12.4 Å². The van der Waals surface area contributed by atoms with Gasteiger partial charge in [0, 0.05) is 74.9 Å². The van der Waals surface area contributed by atoms with Gasteiger partial charge in [-0.25, -0.2) is 0 Å². The van der Waals surface area contributed by atoms with E-state index in [1.807, 2.05) is 140 Å².